The topological polar surface area (TPSA) is 66.4 Å². The fourth-order valence-electron chi connectivity index (χ4n) is 1.43. The highest BCUT2D eigenvalue weighted by Crippen LogP contribution is 2.19. The summed E-state index contributed by atoms with van der Waals surface area (Å²) in [6, 6.07) is -0.627. The Hall–Kier alpha value is -0.900. The number of carbonyl (C=O) groups is 2. The molecule has 4 nitrogen and oxygen atoms in total. The largest absolute Gasteiger partial charge is 0.481 e. The van der Waals surface area contributed by atoms with Crippen LogP contribution in [0.3, 0.4) is 0 Å². The molecule has 0 bridgehead atoms. The molecule has 0 rings (SSSR count). The van der Waals surface area contributed by atoms with E-state index in [0.717, 1.165) is 0 Å². The van der Waals surface area contributed by atoms with E-state index in [9.17, 15) is 9.59 Å². The summed E-state index contributed by atoms with van der Waals surface area (Å²) in [6.45, 7) is 11.1. The summed E-state index contributed by atoms with van der Waals surface area (Å²) in [5.74, 6) is -1.02. The second-order valence-corrected chi connectivity index (χ2v) is 6.16. The van der Waals surface area contributed by atoms with Crippen molar-refractivity contribution in [1.29, 1.82) is 0 Å². The highest BCUT2D eigenvalue weighted by Gasteiger charge is 2.33. The molecule has 0 heterocycles. The summed E-state index contributed by atoms with van der Waals surface area (Å²) in [6.07, 6.45) is -0.173. The molecule has 1 atom stereocenters. The number of nitrogens with one attached hydrogen (secondary N) is 1. The molecule has 0 aromatic carbocycles. The summed E-state index contributed by atoms with van der Waals surface area (Å²) in [4.78, 5) is 22.8. The molecule has 0 aromatic rings. The van der Waals surface area contributed by atoms with Crippen LogP contribution in [0.5, 0.6) is 0 Å². The van der Waals surface area contributed by atoms with Crippen molar-refractivity contribution >= 4 is 11.8 Å². The van der Waals surface area contributed by atoms with Crippen molar-refractivity contribution in [2.75, 3.05) is 0 Å². The summed E-state index contributed by atoms with van der Waals surface area (Å²) >= 11 is 0. The first-order chi connectivity index (χ1) is 6.93. The number of carbonyl (C=O) groups excluding carboxylic acids is 1. The first-order valence-electron chi connectivity index (χ1n) is 5.47. The van der Waals surface area contributed by atoms with Crippen LogP contribution in [-0.2, 0) is 9.59 Å². The number of aliphatic carboxylic acids is 1. The van der Waals surface area contributed by atoms with Crippen LogP contribution in [-0.4, -0.2) is 28.4 Å². The first kappa shape index (κ1) is 15.1. The van der Waals surface area contributed by atoms with Crippen molar-refractivity contribution < 1.29 is 14.7 Å². The Labute approximate surface area is 97.4 Å². The fraction of sp³-hybridized carbons (Fsp3) is 0.833. The Morgan fingerprint density at radius 3 is 1.81 bits per heavy atom. The first-order valence-corrected chi connectivity index (χ1v) is 5.47. The number of carboxylic acids is 1. The molecule has 0 amide bonds. The van der Waals surface area contributed by atoms with Crippen LogP contribution < -0.4 is 5.32 Å². The maximum atomic E-state index is 12.1. The standard InChI is InChI=1S/C12H23NO3/c1-11(2,3)10(16)8(7-9(14)15)13-12(4,5)6/h8,13H,7H2,1-6H3,(H,14,15)/t8-/m1/s1. The molecule has 0 aromatic heterocycles. The van der Waals surface area contributed by atoms with Crippen LogP contribution in [0.25, 0.3) is 0 Å². The summed E-state index contributed by atoms with van der Waals surface area (Å²) in [5.41, 5.74) is -0.806. The van der Waals surface area contributed by atoms with Crippen molar-refractivity contribution in [1.82, 2.24) is 5.32 Å². The van der Waals surface area contributed by atoms with Gasteiger partial charge in [-0.2, -0.15) is 0 Å². The molecule has 16 heavy (non-hydrogen) atoms. The van der Waals surface area contributed by atoms with Crippen molar-refractivity contribution in [3.8, 4) is 0 Å². The van der Waals surface area contributed by atoms with Crippen LogP contribution in [0.15, 0.2) is 0 Å². The maximum Gasteiger partial charge on any atom is 0.305 e. The molecule has 0 radical (unpaired) electrons. The monoisotopic (exact) mass is 229 g/mol. The highest BCUT2D eigenvalue weighted by molar-refractivity contribution is 5.91. The predicted molar refractivity (Wildman–Crippen MR) is 63.4 cm³/mol. The quantitative estimate of drug-likeness (QED) is 0.772. The maximum absolute atomic E-state index is 12.1. The third kappa shape index (κ3) is 5.85. The number of rotatable bonds is 4. The minimum absolute atomic E-state index is 0.0650. The molecule has 0 fully saturated rings. The lowest BCUT2D eigenvalue weighted by atomic mass is 9.84. The number of hydrogen-bond acceptors (Lipinski definition) is 3. The minimum atomic E-state index is -0.959. The van der Waals surface area contributed by atoms with Crippen LogP contribution >= 0.6 is 0 Å². The van der Waals surface area contributed by atoms with E-state index in [1.165, 1.54) is 0 Å². The van der Waals surface area contributed by atoms with Crippen LogP contribution in [0.1, 0.15) is 48.0 Å². The molecule has 0 aliphatic carbocycles. The molecular formula is C12H23NO3. The fourth-order valence-corrected chi connectivity index (χ4v) is 1.43. The van der Waals surface area contributed by atoms with Crippen molar-refractivity contribution in [2.45, 2.75) is 59.5 Å². The van der Waals surface area contributed by atoms with Gasteiger partial charge < -0.3 is 10.4 Å². The van der Waals surface area contributed by atoms with Crippen molar-refractivity contribution in [3.63, 3.8) is 0 Å². The average Bonchev–Trinajstić information content (AvgIpc) is 1.96. The lowest BCUT2D eigenvalue weighted by Crippen LogP contribution is -2.51. The summed E-state index contributed by atoms with van der Waals surface area (Å²) < 4.78 is 0. The zero-order valence-corrected chi connectivity index (χ0v) is 11.0. The Morgan fingerprint density at radius 1 is 1.12 bits per heavy atom. The second-order valence-electron chi connectivity index (χ2n) is 6.16. The van der Waals surface area contributed by atoms with E-state index >= 15 is 0 Å². The van der Waals surface area contributed by atoms with E-state index in [4.69, 9.17) is 5.11 Å². The van der Waals surface area contributed by atoms with Gasteiger partial charge >= 0.3 is 5.97 Å². The van der Waals surface area contributed by atoms with Crippen LogP contribution in [0.4, 0.5) is 0 Å². The smallest absolute Gasteiger partial charge is 0.305 e. The predicted octanol–water partition coefficient (Wildman–Crippen LogP) is 1.83. The molecule has 2 N–H and O–H groups in total. The van der Waals surface area contributed by atoms with Gasteiger partial charge in [-0.15, -0.1) is 0 Å². The van der Waals surface area contributed by atoms with E-state index < -0.39 is 17.4 Å². The molecule has 0 spiro atoms. The molecule has 0 unspecified atom stereocenters. The SMILES string of the molecule is CC(C)(C)N[C@H](CC(=O)O)C(=O)C(C)(C)C. The normalized spacial score (nSPS) is 14.6. The van der Waals surface area contributed by atoms with Gasteiger partial charge in [0.2, 0.25) is 0 Å². The minimum Gasteiger partial charge on any atom is -0.481 e. The van der Waals surface area contributed by atoms with Crippen LogP contribution in [0.2, 0.25) is 0 Å². The molecule has 94 valence electrons. The zero-order valence-electron chi connectivity index (χ0n) is 11.0. The molecule has 0 aliphatic heterocycles. The van der Waals surface area contributed by atoms with E-state index in [2.05, 4.69) is 5.32 Å². The molecular weight excluding hydrogens is 206 g/mol. The zero-order chi connectivity index (χ0) is 13.1. The number of Topliss-reactive ketones (excluding diaryl/α,β-unsaturated/α-hetero) is 1. The molecule has 0 aliphatic rings. The summed E-state index contributed by atoms with van der Waals surface area (Å²) in [7, 11) is 0. The van der Waals surface area contributed by atoms with E-state index in [0.29, 0.717) is 0 Å². The lowest BCUT2D eigenvalue weighted by Gasteiger charge is -2.30. The third-order valence-corrected chi connectivity index (χ3v) is 2.04. The van der Waals surface area contributed by atoms with Gasteiger partial charge in [0.15, 0.2) is 5.78 Å². The van der Waals surface area contributed by atoms with Gasteiger partial charge in [-0.3, -0.25) is 9.59 Å². The van der Waals surface area contributed by atoms with Gasteiger partial charge in [-0.05, 0) is 20.8 Å². The lowest BCUT2D eigenvalue weighted by molar-refractivity contribution is -0.141. The van der Waals surface area contributed by atoms with Gasteiger partial charge in [0, 0.05) is 11.0 Å². The van der Waals surface area contributed by atoms with E-state index in [-0.39, 0.29) is 17.7 Å². The van der Waals surface area contributed by atoms with Gasteiger partial charge in [0.05, 0.1) is 12.5 Å². The van der Waals surface area contributed by atoms with Gasteiger partial charge in [0.25, 0.3) is 0 Å². The number of hydrogen-bond donors (Lipinski definition) is 2. The van der Waals surface area contributed by atoms with E-state index in [1.54, 1.807) is 20.8 Å². The number of carboxylic acid groups (broad SMARTS) is 1. The second kappa shape index (κ2) is 4.95. The molecule has 0 saturated heterocycles. The average molecular weight is 229 g/mol. The molecule has 0 saturated carbocycles. The van der Waals surface area contributed by atoms with Gasteiger partial charge in [-0.1, -0.05) is 20.8 Å². The Bertz CT molecular complexity index is 271. The number of ketones is 1. The van der Waals surface area contributed by atoms with Crippen molar-refractivity contribution in [3.05, 3.63) is 0 Å². The van der Waals surface area contributed by atoms with Gasteiger partial charge in [-0.25, -0.2) is 0 Å². The Kier molecular flexibility index (Phi) is 4.68. The summed E-state index contributed by atoms with van der Waals surface area (Å²) in [5, 5.41) is 11.9. The van der Waals surface area contributed by atoms with Crippen molar-refractivity contribution in [2.24, 2.45) is 5.41 Å². The third-order valence-electron chi connectivity index (χ3n) is 2.04. The van der Waals surface area contributed by atoms with Gasteiger partial charge in [0.1, 0.15) is 0 Å². The Morgan fingerprint density at radius 2 is 1.56 bits per heavy atom. The Balaban J connectivity index is 4.81. The highest BCUT2D eigenvalue weighted by atomic mass is 16.4. The van der Waals surface area contributed by atoms with E-state index in [1.807, 2.05) is 20.8 Å². The molecule has 4 heteroatoms. The van der Waals surface area contributed by atoms with Crippen LogP contribution in [0, 0.1) is 5.41 Å².